The Labute approximate surface area is 196 Å². The molecule has 0 radical (unpaired) electrons. The molecule has 0 N–H and O–H groups in total. The fourth-order valence-corrected chi connectivity index (χ4v) is 5.76. The molecular formula is C28H34N2O3. The molecule has 2 amide bonds. The Hall–Kier alpha value is -2.82. The van der Waals surface area contributed by atoms with Gasteiger partial charge < -0.3 is 14.5 Å². The molecule has 1 aliphatic carbocycles. The van der Waals surface area contributed by atoms with Crippen molar-refractivity contribution in [1.82, 2.24) is 9.80 Å². The summed E-state index contributed by atoms with van der Waals surface area (Å²) in [6.45, 7) is 4.23. The predicted octanol–water partition coefficient (Wildman–Crippen LogP) is 4.74. The first-order chi connectivity index (χ1) is 16.1. The van der Waals surface area contributed by atoms with Crippen molar-refractivity contribution in [3.8, 4) is 5.75 Å². The summed E-state index contributed by atoms with van der Waals surface area (Å²) < 4.78 is 6.14. The van der Waals surface area contributed by atoms with Crippen LogP contribution >= 0.6 is 0 Å². The number of hydrogen-bond acceptors (Lipinski definition) is 3. The quantitative estimate of drug-likeness (QED) is 0.667. The molecule has 2 aromatic rings. The van der Waals surface area contributed by atoms with Crippen LogP contribution < -0.4 is 4.74 Å². The smallest absolute Gasteiger partial charge is 0.263 e. The van der Waals surface area contributed by atoms with Gasteiger partial charge in [-0.3, -0.25) is 9.59 Å². The van der Waals surface area contributed by atoms with Crippen LogP contribution in [0.5, 0.6) is 5.75 Å². The lowest BCUT2D eigenvalue weighted by molar-refractivity contribution is -0.137. The van der Waals surface area contributed by atoms with Gasteiger partial charge in [0.05, 0.1) is 6.04 Å². The van der Waals surface area contributed by atoms with Gasteiger partial charge in [-0.25, -0.2) is 0 Å². The summed E-state index contributed by atoms with van der Waals surface area (Å²) in [6.07, 6.45) is 6.78. The van der Waals surface area contributed by atoms with Crippen molar-refractivity contribution in [2.24, 2.45) is 5.92 Å². The molecular weight excluding hydrogens is 412 g/mol. The zero-order valence-electron chi connectivity index (χ0n) is 19.5. The maximum Gasteiger partial charge on any atom is 0.263 e. The number of rotatable bonds is 5. The molecule has 174 valence electrons. The average molecular weight is 447 g/mol. The van der Waals surface area contributed by atoms with Gasteiger partial charge in [-0.2, -0.15) is 0 Å². The Morgan fingerprint density at radius 1 is 0.939 bits per heavy atom. The first-order valence-corrected chi connectivity index (χ1v) is 12.6. The molecule has 2 heterocycles. The molecule has 0 bridgehead atoms. The molecule has 2 fully saturated rings. The largest absolute Gasteiger partial charge is 0.481 e. The van der Waals surface area contributed by atoms with Gasteiger partial charge in [-0.1, -0.05) is 49.2 Å². The number of hydrogen-bond donors (Lipinski definition) is 0. The van der Waals surface area contributed by atoms with E-state index in [1.807, 2.05) is 36.1 Å². The summed E-state index contributed by atoms with van der Waals surface area (Å²) in [6, 6.07) is 16.4. The topological polar surface area (TPSA) is 49.9 Å². The van der Waals surface area contributed by atoms with E-state index in [4.69, 9.17) is 4.74 Å². The molecule has 33 heavy (non-hydrogen) atoms. The van der Waals surface area contributed by atoms with Crippen LogP contribution in [0.25, 0.3) is 0 Å². The van der Waals surface area contributed by atoms with E-state index in [2.05, 4.69) is 29.2 Å². The summed E-state index contributed by atoms with van der Waals surface area (Å²) in [5.74, 6) is 1.19. The fourth-order valence-electron chi connectivity index (χ4n) is 5.76. The number of carbonyl (C=O) groups is 2. The maximum absolute atomic E-state index is 13.5. The normalized spacial score (nSPS) is 21.7. The second-order valence-electron chi connectivity index (χ2n) is 9.73. The van der Waals surface area contributed by atoms with Crippen LogP contribution in [-0.4, -0.2) is 47.4 Å². The second-order valence-corrected chi connectivity index (χ2v) is 9.73. The first kappa shape index (κ1) is 22.0. The van der Waals surface area contributed by atoms with E-state index in [1.54, 1.807) is 0 Å². The van der Waals surface area contributed by atoms with Crippen molar-refractivity contribution in [3.05, 3.63) is 65.2 Å². The number of fused-ring (bicyclic) bond motifs is 1. The second kappa shape index (κ2) is 9.58. The first-order valence-electron chi connectivity index (χ1n) is 12.6. The molecule has 0 spiro atoms. The van der Waals surface area contributed by atoms with E-state index in [0.29, 0.717) is 5.75 Å². The molecule has 2 aliphatic heterocycles. The van der Waals surface area contributed by atoms with Gasteiger partial charge in [0.1, 0.15) is 5.75 Å². The van der Waals surface area contributed by atoms with Crippen molar-refractivity contribution in [2.75, 3.05) is 19.6 Å². The summed E-state index contributed by atoms with van der Waals surface area (Å²) in [5.41, 5.74) is 3.51. The molecule has 2 atom stereocenters. The Bertz CT molecular complexity index is 993. The van der Waals surface area contributed by atoms with Gasteiger partial charge in [0.15, 0.2) is 6.10 Å². The van der Waals surface area contributed by atoms with Crippen LogP contribution in [-0.2, 0) is 16.0 Å². The number of nitrogens with zero attached hydrogens (tertiary/aromatic N) is 2. The van der Waals surface area contributed by atoms with E-state index in [-0.39, 0.29) is 23.8 Å². The van der Waals surface area contributed by atoms with Crippen molar-refractivity contribution < 1.29 is 14.3 Å². The van der Waals surface area contributed by atoms with Crippen LogP contribution in [0, 0.1) is 5.92 Å². The lowest BCUT2D eigenvalue weighted by Crippen LogP contribution is -2.43. The van der Waals surface area contributed by atoms with E-state index in [1.165, 1.54) is 5.56 Å². The van der Waals surface area contributed by atoms with Crippen molar-refractivity contribution in [2.45, 2.75) is 64.0 Å². The highest BCUT2D eigenvalue weighted by molar-refractivity contribution is 5.81. The van der Waals surface area contributed by atoms with Crippen LogP contribution in [0.15, 0.2) is 48.5 Å². The highest BCUT2D eigenvalue weighted by Crippen LogP contribution is 2.39. The Kier molecular flexibility index (Phi) is 6.39. The van der Waals surface area contributed by atoms with E-state index in [0.717, 1.165) is 75.7 Å². The van der Waals surface area contributed by atoms with Gasteiger partial charge in [0, 0.05) is 25.6 Å². The molecule has 3 aliphatic rings. The minimum atomic E-state index is -0.517. The Morgan fingerprint density at radius 2 is 1.67 bits per heavy atom. The third-order valence-corrected chi connectivity index (χ3v) is 7.53. The SMILES string of the molecule is CC(Oc1ccc2c(c1)C(c1ccccc1)N(C(=O)C1CCCC1)CC2)C(=O)N1CCCC1. The summed E-state index contributed by atoms with van der Waals surface area (Å²) in [5, 5.41) is 0. The van der Waals surface area contributed by atoms with Crippen LogP contribution in [0.4, 0.5) is 0 Å². The average Bonchev–Trinajstić information content (AvgIpc) is 3.58. The zero-order valence-corrected chi connectivity index (χ0v) is 19.5. The molecule has 2 unspecified atom stereocenters. The maximum atomic E-state index is 13.5. The summed E-state index contributed by atoms with van der Waals surface area (Å²) >= 11 is 0. The number of likely N-dealkylation sites (tertiary alicyclic amines) is 1. The van der Waals surface area contributed by atoms with Crippen molar-refractivity contribution >= 4 is 11.8 Å². The molecule has 0 aromatic heterocycles. The lowest BCUT2D eigenvalue weighted by Gasteiger charge is -2.39. The predicted molar refractivity (Wildman–Crippen MR) is 128 cm³/mol. The number of ether oxygens (including phenoxy) is 1. The van der Waals surface area contributed by atoms with E-state index >= 15 is 0 Å². The Morgan fingerprint density at radius 3 is 2.39 bits per heavy atom. The molecule has 5 nitrogen and oxygen atoms in total. The van der Waals surface area contributed by atoms with Crippen LogP contribution in [0.1, 0.15) is 68.2 Å². The van der Waals surface area contributed by atoms with Gasteiger partial charge in [0.2, 0.25) is 5.91 Å². The van der Waals surface area contributed by atoms with Crippen LogP contribution in [0.2, 0.25) is 0 Å². The summed E-state index contributed by atoms with van der Waals surface area (Å²) in [7, 11) is 0. The molecule has 1 saturated carbocycles. The van der Waals surface area contributed by atoms with Gasteiger partial charge >= 0.3 is 0 Å². The minimum absolute atomic E-state index is 0.0582. The van der Waals surface area contributed by atoms with Crippen molar-refractivity contribution in [1.29, 1.82) is 0 Å². The van der Waals surface area contributed by atoms with Crippen LogP contribution in [0.3, 0.4) is 0 Å². The fraction of sp³-hybridized carbons (Fsp3) is 0.500. The molecule has 5 rings (SSSR count). The Balaban J connectivity index is 1.44. The van der Waals surface area contributed by atoms with Gasteiger partial charge in [0.25, 0.3) is 5.91 Å². The monoisotopic (exact) mass is 446 g/mol. The minimum Gasteiger partial charge on any atom is -0.481 e. The summed E-state index contributed by atoms with van der Waals surface area (Å²) in [4.78, 5) is 30.3. The van der Waals surface area contributed by atoms with Gasteiger partial charge in [-0.15, -0.1) is 0 Å². The highest BCUT2D eigenvalue weighted by atomic mass is 16.5. The standard InChI is InChI=1S/C28H34N2O3/c1-20(27(31)29-16-7-8-17-29)33-24-14-13-21-15-18-30(28(32)23-11-5-6-12-23)26(25(21)19-24)22-9-3-2-4-10-22/h2-4,9-10,13-14,19-20,23,26H,5-8,11-12,15-18H2,1H3. The highest BCUT2D eigenvalue weighted by Gasteiger charge is 2.36. The number of carbonyl (C=O) groups excluding carboxylic acids is 2. The van der Waals surface area contributed by atoms with E-state index < -0.39 is 6.10 Å². The molecule has 5 heteroatoms. The zero-order chi connectivity index (χ0) is 22.8. The number of benzene rings is 2. The molecule has 2 aromatic carbocycles. The van der Waals surface area contributed by atoms with E-state index in [9.17, 15) is 9.59 Å². The lowest BCUT2D eigenvalue weighted by atomic mass is 9.87. The van der Waals surface area contributed by atoms with Crippen molar-refractivity contribution in [3.63, 3.8) is 0 Å². The number of amides is 2. The molecule has 1 saturated heterocycles. The van der Waals surface area contributed by atoms with Gasteiger partial charge in [-0.05, 0) is 67.9 Å². The third kappa shape index (κ3) is 4.50. The third-order valence-electron chi connectivity index (χ3n) is 7.53.